The van der Waals surface area contributed by atoms with Gasteiger partial charge in [0.25, 0.3) is 0 Å². The van der Waals surface area contributed by atoms with Crippen LogP contribution in [0.3, 0.4) is 0 Å². The molecule has 90 valence electrons. The van der Waals surface area contributed by atoms with Gasteiger partial charge >= 0.3 is 0 Å². The van der Waals surface area contributed by atoms with E-state index in [0.717, 1.165) is 0 Å². The quantitative estimate of drug-likeness (QED) is 0.545. The van der Waals surface area contributed by atoms with Crippen molar-refractivity contribution in [3.8, 4) is 0 Å². The Morgan fingerprint density at radius 2 is 1.38 bits per heavy atom. The van der Waals surface area contributed by atoms with Gasteiger partial charge in [-0.05, 0) is 30.5 Å². The number of unbranched alkanes of at least 4 members (excludes halogenated alkanes) is 7. The van der Waals surface area contributed by atoms with E-state index in [1.807, 2.05) is 12.4 Å². The molecule has 0 aliphatic rings. The zero-order valence-electron chi connectivity index (χ0n) is 10.6. The van der Waals surface area contributed by atoms with Crippen molar-refractivity contribution in [1.82, 2.24) is 4.98 Å². The summed E-state index contributed by atoms with van der Waals surface area (Å²) in [7, 11) is 0. The molecule has 1 aromatic heterocycles. The van der Waals surface area contributed by atoms with Crippen LogP contribution < -0.4 is 0 Å². The molecule has 0 saturated heterocycles. The Hall–Kier alpha value is -0.850. The largest absolute Gasteiger partial charge is 0.265 e. The van der Waals surface area contributed by atoms with E-state index in [4.69, 9.17) is 0 Å². The molecule has 0 amide bonds. The van der Waals surface area contributed by atoms with Crippen LogP contribution in [0, 0.1) is 0 Å². The van der Waals surface area contributed by atoms with Crippen LogP contribution in [0.5, 0.6) is 0 Å². The minimum atomic E-state index is 1.22. The number of aryl methyl sites for hydroxylation is 1. The van der Waals surface area contributed by atoms with Crippen molar-refractivity contribution in [3.05, 3.63) is 30.1 Å². The van der Waals surface area contributed by atoms with Crippen LogP contribution >= 0.6 is 0 Å². The summed E-state index contributed by atoms with van der Waals surface area (Å²) in [6.45, 7) is 2.27. The third-order valence-electron chi connectivity index (χ3n) is 3.07. The van der Waals surface area contributed by atoms with Crippen molar-refractivity contribution < 1.29 is 0 Å². The molecule has 0 unspecified atom stereocenters. The molecular weight excluding hydrogens is 194 g/mol. The number of hydrogen-bond donors (Lipinski definition) is 0. The van der Waals surface area contributed by atoms with Gasteiger partial charge < -0.3 is 0 Å². The van der Waals surface area contributed by atoms with E-state index in [1.165, 1.54) is 63.4 Å². The van der Waals surface area contributed by atoms with E-state index in [9.17, 15) is 0 Å². The van der Waals surface area contributed by atoms with E-state index in [-0.39, 0.29) is 0 Å². The van der Waals surface area contributed by atoms with E-state index >= 15 is 0 Å². The van der Waals surface area contributed by atoms with Gasteiger partial charge in [0.2, 0.25) is 0 Å². The molecule has 16 heavy (non-hydrogen) atoms. The zero-order valence-corrected chi connectivity index (χ0v) is 10.6. The van der Waals surface area contributed by atoms with Gasteiger partial charge in [-0.3, -0.25) is 4.98 Å². The van der Waals surface area contributed by atoms with Crippen molar-refractivity contribution in [3.63, 3.8) is 0 Å². The maximum absolute atomic E-state index is 4.03. The minimum Gasteiger partial charge on any atom is -0.265 e. The van der Waals surface area contributed by atoms with Gasteiger partial charge in [0.05, 0.1) is 0 Å². The molecule has 1 heteroatoms. The molecule has 0 spiro atoms. The summed E-state index contributed by atoms with van der Waals surface area (Å²) in [4.78, 5) is 4.03. The van der Waals surface area contributed by atoms with E-state index < -0.39 is 0 Å². The molecule has 1 rings (SSSR count). The van der Waals surface area contributed by atoms with Crippen molar-refractivity contribution >= 4 is 0 Å². The summed E-state index contributed by atoms with van der Waals surface area (Å²) < 4.78 is 0. The first-order chi connectivity index (χ1) is 7.93. The summed E-state index contributed by atoms with van der Waals surface area (Å²) >= 11 is 0. The van der Waals surface area contributed by atoms with Crippen molar-refractivity contribution in [2.24, 2.45) is 0 Å². The molecule has 0 aliphatic carbocycles. The van der Waals surface area contributed by atoms with Gasteiger partial charge in [-0.1, -0.05) is 51.9 Å². The number of aromatic nitrogens is 1. The lowest BCUT2D eigenvalue weighted by Crippen LogP contribution is -1.86. The molecule has 0 aliphatic heterocycles. The molecule has 1 nitrogen and oxygen atoms in total. The van der Waals surface area contributed by atoms with Crippen LogP contribution in [0.4, 0.5) is 0 Å². The molecular formula is C15H25N. The molecule has 0 saturated carbocycles. The third kappa shape index (κ3) is 6.60. The molecule has 0 N–H and O–H groups in total. The SMILES string of the molecule is CCCCCCCCCCc1ccncc1. The monoisotopic (exact) mass is 219 g/mol. The molecule has 0 fully saturated rings. The van der Waals surface area contributed by atoms with Crippen LogP contribution in [0.2, 0.25) is 0 Å². The summed E-state index contributed by atoms with van der Waals surface area (Å²) in [5.74, 6) is 0. The Morgan fingerprint density at radius 3 is 2.00 bits per heavy atom. The maximum atomic E-state index is 4.03. The lowest BCUT2D eigenvalue weighted by molar-refractivity contribution is 0.575. The summed E-state index contributed by atoms with van der Waals surface area (Å²) in [5.41, 5.74) is 1.43. The van der Waals surface area contributed by atoms with Crippen molar-refractivity contribution in [1.29, 1.82) is 0 Å². The average Bonchev–Trinajstić information content (AvgIpc) is 2.34. The Morgan fingerprint density at radius 1 is 0.812 bits per heavy atom. The van der Waals surface area contributed by atoms with Crippen molar-refractivity contribution in [2.75, 3.05) is 0 Å². The highest BCUT2D eigenvalue weighted by Gasteiger charge is 1.93. The highest BCUT2D eigenvalue weighted by atomic mass is 14.6. The fourth-order valence-electron chi connectivity index (χ4n) is 2.01. The van der Waals surface area contributed by atoms with Gasteiger partial charge in [-0.25, -0.2) is 0 Å². The Kier molecular flexibility index (Phi) is 7.75. The summed E-state index contributed by atoms with van der Waals surface area (Å²) in [6, 6.07) is 4.25. The van der Waals surface area contributed by atoms with Gasteiger partial charge in [-0.15, -0.1) is 0 Å². The fourth-order valence-corrected chi connectivity index (χ4v) is 2.01. The van der Waals surface area contributed by atoms with Gasteiger partial charge in [0.1, 0.15) is 0 Å². The first-order valence-corrected chi connectivity index (χ1v) is 6.82. The third-order valence-corrected chi connectivity index (χ3v) is 3.07. The maximum Gasteiger partial charge on any atom is 0.0270 e. The lowest BCUT2D eigenvalue weighted by Gasteiger charge is -2.02. The predicted octanol–water partition coefficient (Wildman–Crippen LogP) is 4.76. The first kappa shape index (κ1) is 13.2. The van der Waals surface area contributed by atoms with Crippen LogP contribution in [-0.2, 0) is 6.42 Å². The number of rotatable bonds is 9. The number of nitrogens with zero attached hydrogens (tertiary/aromatic N) is 1. The Balaban J connectivity index is 1.89. The molecule has 0 bridgehead atoms. The van der Waals surface area contributed by atoms with Crippen LogP contribution in [0.25, 0.3) is 0 Å². The average molecular weight is 219 g/mol. The lowest BCUT2D eigenvalue weighted by atomic mass is 10.0. The number of pyridine rings is 1. The summed E-state index contributed by atoms with van der Waals surface area (Å²) in [6.07, 6.45) is 16.2. The highest BCUT2D eigenvalue weighted by Crippen LogP contribution is 2.10. The Labute approximate surface area is 100 Å². The first-order valence-electron chi connectivity index (χ1n) is 6.82. The molecule has 1 aromatic rings. The second-order valence-corrected chi connectivity index (χ2v) is 4.58. The molecule has 0 radical (unpaired) electrons. The standard InChI is InChI=1S/C15H25N/c1-2-3-4-5-6-7-8-9-10-15-11-13-16-14-12-15/h11-14H,2-10H2,1H3. The Bertz CT molecular complexity index is 243. The topological polar surface area (TPSA) is 12.9 Å². The van der Waals surface area contributed by atoms with Gasteiger partial charge in [0.15, 0.2) is 0 Å². The van der Waals surface area contributed by atoms with Gasteiger partial charge in [-0.2, -0.15) is 0 Å². The zero-order chi connectivity index (χ0) is 11.5. The normalized spacial score (nSPS) is 10.6. The van der Waals surface area contributed by atoms with E-state index in [1.54, 1.807) is 0 Å². The summed E-state index contributed by atoms with van der Waals surface area (Å²) in [5, 5.41) is 0. The second-order valence-electron chi connectivity index (χ2n) is 4.58. The fraction of sp³-hybridized carbons (Fsp3) is 0.667. The minimum absolute atomic E-state index is 1.22. The smallest absolute Gasteiger partial charge is 0.0270 e. The van der Waals surface area contributed by atoms with E-state index in [2.05, 4.69) is 24.0 Å². The predicted molar refractivity (Wildman–Crippen MR) is 70.6 cm³/mol. The van der Waals surface area contributed by atoms with Crippen LogP contribution in [-0.4, -0.2) is 4.98 Å². The van der Waals surface area contributed by atoms with Crippen LogP contribution in [0.1, 0.15) is 63.9 Å². The van der Waals surface area contributed by atoms with Crippen molar-refractivity contribution in [2.45, 2.75) is 64.7 Å². The van der Waals surface area contributed by atoms with Crippen LogP contribution in [0.15, 0.2) is 24.5 Å². The highest BCUT2D eigenvalue weighted by molar-refractivity contribution is 5.09. The second kappa shape index (κ2) is 9.38. The molecule has 0 atom stereocenters. The number of hydrogen-bond acceptors (Lipinski definition) is 1. The molecule has 0 aromatic carbocycles. The van der Waals surface area contributed by atoms with Gasteiger partial charge in [0, 0.05) is 12.4 Å². The van der Waals surface area contributed by atoms with E-state index in [0.29, 0.717) is 0 Å². The molecule has 1 heterocycles.